The predicted molar refractivity (Wildman–Crippen MR) is 23.9 cm³/mol. The third-order valence-electron chi connectivity index (χ3n) is 0. The Balaban J connectivity index is -0.0000000184. The maximum absolute atomic E-state index is 8.42. The molecule has 0 aliphatic carbocycles. The van der Waals surface area contributed by atoms with Crippen LogP contribution in [0.2, 0.25) is 0 Å². The Morgan fingerprint density at radius 2 is 0.533 bits per heavy atom. The van der Waals surface area contributed by atoms with Crippen molar-refractivity contribution in [3.63, 3.8) is 0 Å². The molecule has 0 aromatic heterocycles. The molecule has 0 rings (SSSR count). The zero-order valence-electron chi connectivity index (χ0n) is 6.47. The Morgan fingerprint density at radius 1 is 0.533 bits per heavy atom. The largest absolute Gasteiger partial charge is 2.00 e. The fraction of sp³-hybridized carbons (Fsp3) is 0. The predicted octanol–water partition coefficient (Wildman–Crippen LogP) is -9.95. The average Bonchev–Trinajstić information content (AvgIpc) is 1.54. The molecule has 9 nitrogen and oxygen atoms in total. The van der Waals surface area contributed by atoms with Gasteiger partial charge in [0.1, 0.15) is 0 Å². The van der Waals surface area contributed by atoms with Crippen molar-refractivity contribution in [3.8, 4) is 0 Å². The second-order valence-electron chi connectivity index (χ2n) is 0.924. The topological polar surface area (TPSA) is 199 Å². The molecule has 0 aliphatic heterocycles. The van der Waals surface area contributed by atoms with Gasteiger partial charge in [0, 0.05) is 0 Å². The Kier molecular flexibility index (Phi) is 70.7. The molecule has 0 unspecified atom stereocenters. The number of hydrogen-bond donors (Lipinski definition) is 3. The smallest absolute Gasteiger partial charge is 0.907 e. The molecule has 0 spiro atoms. The summed E-state index contributed by atoms with van der Waals surface area (Å²) in [5.74, 6) is 0. The molecule has 96 valence electrons. The molecular formula is H3B3Ni3O9. The summed E-state index contributed by atoms with van der Waals surface area (Å²) in [4.78, 5) is 0. The first-order chi connectivity index (χ1) is 5.20. The van der Waals surface area contributed by atoms with Crippen LogP contribution in [-0.2, 0) is 49.5 Å². The summed E-state index contributed by atoms with van der Waals surface area (Å²) in [6.45, 7) is 0. The van der Waals surface area contributed by atoms with Gasteiger partial charge in [0.2, 0.25) is 0 Å². The van der Waals surface area contributed by atoms with Crippen LogP contribution < -0.4 is 30.1 Å². The van der Waals surface area contributed by atoms with Crippen molar-refractivity contribution < 1.29 is 94.7 Å². The summed E-state index contributed by atoms with van der Waals surface area (Å²) in [5, 5.41) is 72.0. The molecule has 3 N–H and O–H groups in total. The average molecular weight is 356 g/mol. The summed E-state index contributed by atoms with van der Waals surface area (Å²) >= 11 is 0. The molecule has 0 saturated heterocycles. The van der Waals surface area contributed by atoms with Crippen molar-refractivity contribution in [2.75, 3.05) is 0 Å². The van der Waals surface area contributed by atoms with Crippen LogP contribution in [0.1, 0.15) is 0 Å². The van der Waals surface area contributed by atoms with Crippen LogP contribution in [-0.4, -0.2) is 37.0 Å². The van der Waals surface area contributed by atoms with Gasteiger partial charge in [-0.2, -0.15) is 0 Å². The van der Waals surface area contributed by atoms with Gasteiger partial charge in [-0.3, -0.25) is 14.6 Å². The maximum atomic E-state index is 8.42. The van der Waals surface area contributed by atoms with Gasteiger partial charge in [-0.1, -0.05) is 0 Å². The van der Waals surface area contributed by atoms with E-state index in [1.807, 2.05) is 0 Å². The van der Waals surface area contributed by atoms with Gasteiger partial charge in [-0.15, -0.1) is 0 Å². The van der Waals surface area contributed by atoms with E-state index in [0.717, 1.165) is 0 Å². The standard InChI is InChI=1S/BH3O3.2BO3.3Ni/c3*2-1(3)4;;;/h2-4H;;;;;/q;2*-3;3*+2. The molecule has 0 heterocycles. The molecule has 0 aromatic carbocycles. The Bertz CT molecular complexity index is 49.1. The third-order valence-corrected chi connectivity index (χ3v) is 0. The van der Waals surface area contributed by atoms with Crippen LogP contribution in [0.4, 0.5) is 0 Å². The summed E-state index contributed by atoms with van der Waals surface area (Å²) in [6, 6.07) is 0. The zero-order valence-corrected chi connectivity index (χ0v) is 9.43. The summed E-state index contributed by atoms with van der Waals surface area (Å²) in [7, 11) is -8.00. The zero-order chi connectivity index (χ0) is 10.7. The van der Waals surface area contributed by atoms with Gasteiger partial charge in [-0.05, 0) is 0 Å². The maximum Gasteiger partial charge on any atom is 2.00 e. The minimum atomic E-state index is -2.92. The molecule has 0 aliphatic rings. The van der Waals surface area contributed by atoms with E-state index >= 15 is 0 Å². The van der Waals surface area contributed by atoms with Gasteiger partial charge >= 0.3 is 56.8 Å². The minimum absolute atomic E-state index is 0. The molecule has 15 heavy (non-hydrogen) atoms. The van der Waals surface area contributed by atoms with E-state index in [9.17, 15) is 0 Å². The molecular weight excluding hydrogens is 353 g/mol. The van der Waals surface area contributed by atoms with Crippen LogP contribution in [0, 0.1) is 0 Å². The second kappa shape index (κ2) is 29.5. The third kappa shape index (κ3) is 1570. The SMILES string of the molecule is OB(O)O.[Ni+2].[Ni+2].[Ni+2].[O-]B([O-])[O-].[O-]B([O-])[O-]. The fourth-order valence-corrected chi connectivity index (χ4v) is 0. The molecule has 0 atom stereocenters. The van der Waals surface area contributed by atoms with Gasteiger partial charge in [0.25, 0.3) is 0 Å². The van der Waals surface area contributed by atoms with E-state index < -0.39 is 22.0 Å². The van der Waals surface area contributed by atoms with Crippen molar-refractivity contribution in [1.82, 2.24) is 0 Å². The first kappa shape index (κ1) is 36.0. The molecule has 0 saturated carbocycles. The van der Waals surface area contributed by atoms with Gasteiger partial charge < -0.3 is 45.2 Å². The molecule has 0 radical (unpaired) electrons. The van der Waals surface area contributed by atoms with Crippen LogP contribution in [0.25, 0.3) is 0 Å². The van der Waals surface area contributed by atoms with Crippen LogP contribution >= 0.6 is 0 Å². The number of rotatable bonds is 0. The molecule has 0 aromatic rings. The van der Waals surface area contributed by atoms with Crippen molar-refractivity contribution >= 4 is 22.0 Å². The second-order valence-corrected chi connectivity index (χ2v) is 0.924. The van der Waals surface area contributed by atoms with Crippen molar-refractivity contribution in [2.24, 2.45) is 0 Å². The minimum Gasteiger partial charge on any atom is -0.907 e. The van der Waals surface area contributed by atoms with E-state index in [0.29, 0.717) is 0 Å². The summed E-state index contributed by atoms with van der Waals surface area (Å²) in [5.41, 5.74) is 0. The van der Waals surface area contributed by atoms with Crippen LogP contribution in [0.15, 0.2) is 0 Å². The van der Waals surface area contributed by atoms with E-state index in [4.69, 9.17) is 45.2 Å². The molecule has 15 heteroatoms. The van der Waals surface area contributed by atoms with E-state index in [1.165, 1.54) is 0 Å². The van der Waals surface area contributed by atoms with Gasteiger partial charge in [0.15, 0.2) is 0 Å². The quantitative estimate of drug-likeness (QED) is 0.353. The Hall–Kier alpha value is 1.32. The van der Waals surface area contributed by atoms with Crippen LogP contribution in [0.3, 0.4) is 0 Å². The van der Waals surface area contributed by atoms with Crippen molar-refractivity contribution in [2.45, 2.75) is 0 Å². The number of hydrogen-bond acceptors (Lipinski definition) is 9. The van der Waals surface area contributed by atoms with Gasteiger partial charge in [-0.25, -0.2) is 0 Å². The monoisotopic (exact) mass is 354 g/mol. The summed E-state index contributed by atoms with van der Waals surface area (Å²) < 4.78 is 0. The van der Waals surface area contributed by atoms with E-state index in [-0.39, 0.29) is 49.5 Å². The molecule has 0 bridgehead atoms. The fourth-order valence-electron chi connectivity index (χ4n) is 0. The van der Waals surface area contributed by atoms with Gasteiger partial charge in [0.05, 0.1) is 0 Å². The first-order valence-corrected chi connectivity index (χ1v) is 2.19. The molecule has 0 fully saturated rings. The Labute approximate surface area is 116 Å². The van der Waals surface area contributed by atoms with Crippen molar-refractivity contribution in [1.29, 1.82) is 0 Å². The Morgan fingerprint density at radius 3 is 0.533 bits per heavy atom. The first-order valence-electron chi connectivity index (χ1n) is 2.19. The van der Waals surface area contributed by atoms with Crippen LogP contribution in [0.5, 0.6) is 0 Å². The summed E-state index contributed by atoms with van der Waals surface area (Å²) in [6.07, 6.45) is 0. The van der Waals surface area contributed by atoms with Crippen molar-refractivity contribution in [3.05, 3.63) is 0 Å². The normalized spacial score (nSPS) is 5.40. The van der Waals surface area contributed by atoms with E-state index in [2.05, 4.69) is 0 Å². The molecule has 0 amide bonds. The van der Waals surface area contributed by atoms with E-state index in [1.54, 1.807) is 0 Å².